The van der Waals surface area contributed by atoms with Crippen molar-refractivity contribution in [2.24, 2.45) is 0 Å². The van der Waals surface area contributed by atoms with E-state index >= 15 is 0 Å². The van der Waals surface area contributed by atoms with Gasteiger partial charge >= 0.3 is 0 Å². The minimum Gasteiger partial charge on any atom is -0.756 e. The van der Waals surface area contributed by atoms with Crippen LogP contribution in [-0.4, -0.2) is 68.5 Å². The Kier molecular flexibility index (Phi) is 60.8. The number of hydrogen-bond acceptors (Lipinski definition) is 6. The summed E-state index contributed by atoms with van der Waals surface area (Å²) in [4.78, 5) is 25.6. The Balaban J connectivity index is 4.06. The van der Waals surface area contributed by atoms with E-state index in [9.17, 15) is 19.4 Å². The first-order valence-corrected chi connectivity index (χ1v) is 36.5. The molecule has 2 N–H and O–H groups in total. The lowest BCUT2D eigenvalue weighted by atomic mass is 10.0. The summed E-state index contributed by atoms with van der Waals surface area (Å²) in [5.74, 6) is -0.201. The molecule has 8 nitrogen and oxygen atoms in total. The van der Waals surface area contributed by atoms with Gasteiger partial charge in [0.2, 0.25) is 5.91 Å². The Hall–Kier alpha value is -1.54. The molecule has 9 heteroatoms. The normalized spacial score (nSPS) is 13.9. The van der Waals surface area contributed by atoms with Crippen LogP contribution in [-0.2, 0) is 18.4 Å². The summed E-state index contributed by atoms with van der Waals surface area (Å²) < 4.78 is 23.4. The van der Waals surface area contributed by atoms with Crippen LogP contribution in [0.3, 0.4) is 0 Å². The molecule has 472 valence electrons. The first-order valence-electron chi connectivity index (χ1n) is 35.0. The van der Waals surface area contributed by atoms with Gasteiger partial charge in [0.15, 0.2) is 0 Å². The number of hydrogen-bond donors (Lipinski definition) is 2. The average molecular weight is 1150 g/mol. The minimum atomic E-state index is -4.61. The van der Waals surface area contributed by atoms with Crippen molar-refractivity contribution >= 4 is 13.7 Å². The van der Waals surface area contributed by atoms with Crippen molar-refractivity contribution in [1.29, 1.82) is 0 Å². The third-order valence-corrected chi connectivity index (χ3v) is 17.0. The van der Waals surface area contributed by atoms with Crippen LogP contribution in [0.25, 0.3) is 0 Å². The highest BCUT2D eigenvalue weighted by atomic mass is 31.2. The molecule has 0 saturated heterocycles. The smallest absolute Gasteiger partial charge is 0.268 e. The fourth-order valence-corrected chi connectivity index (χ4v) is 11.3. The second kappa shape index (κ2) is 62.0. The zero-order valence-electron chi connectivity index (χ0n) is 54.0. The standard InChI is InChI=1S/C71H137N2O6P/c1-6-8-10-12-14-16-18-20-22-24-26-28-30-32-33-34-35-36-37-38-39-41-43-45-47-49-51-53-55-57-59-61-63-65-71(75)72-69(68-79-80(76,77)78-67-66-73(3,4)5)70(74)64-62-60-58-56-54-52-50-48-46-44-42-40-31-29-27-25-23-21-19-17-15-13-11-9-7-2/h18,20,24,26,54,56,62,64,69-70,74H,6-17,19,21-23,25,27-53,55,57-61,63,65-68H2,1-5H3,(H-,72,75,76,77)/b20-18-,26-24-,56-54+,64-62+. The highest BCUT2D eigenvalue weighted by Crippen LogP contribution is 2.38. The lowest BCUT2D eigenvalue weighted by molar-refractivity contribution is -0.870. The highest BCUT2D eigenvalue weighted by molar-refractivity contribution is 7.45. The van der Waals surface area contributed by atoms with E-state index < -0.39 is 20.0 Å². The first kappa shape index (κ1) is 78.5. The summed E-state index contributed by atoms with van der Waals surface area (Å²) in [5.41, 5.74) is 0. The van der Waals surface area contributed by atoms with Gasteiger partial charge in [-0.3, -0.25) is 9.36 Å². The molecule has 0 aliphatic rings. The van der Waals surface area contributed by atoms with Gasteiger partial charge in [-0.1, -0.05) is 326 Å². The molecule has 0 fully saturated rings. The molecule has 0 aliphatic carbocycles. The summed E-state index contributed by atoms with van der Waals surface area (Å²) in [5, 5.41) is 13.9. The zero-order valence-corrected chi connectivity index (χ0v) is 54.9. The van der Waals surface area contributed by atoms with Crippen molar-refractivity contribution < 1.29 is 32.9 Å². The third-order valence-electron chi connectivity index (χ3n) is 16.0. The highest BCUT2D eigenvalue weighted by Gasteiger charge is 2.23. The molecule has 0 aromatic heterocycles. The van der Waals surface area contributed by atoms with Crippen LogP contribution in [0.2, 0.25) is 0 Å². The predicted octanol–water partition coefficient (Wildman–Crippen LogP) is 21.6. The molecule has 0 rings (SSSR count). The Morgan fingerprint density at radius 1 is 0.438 bits per heavy atom. The summed E-state index contributed by atoms with van der Waals surface area (Å²) in [6.45, 7) is 4.67. The average Bonchev–Trinajstić information content (AvgIpc) is 3.42. The molecule has 3 atom stereocenters. The number of quaternary nitrogens is 1. The number of carbonyl (C=O) groups excluding carboxylic acids is 1. The molecule has 1 amide bonds. The number of likely N-dealkylation sites (N-methyl/N-ethyl adjacent to an activating group) is 1. The number of carbonyl (C=O) groups is 1. The second-order valence-electron chi connectivity index (χ2n) is 25.2. The Morgan fingerprint density at radius 3 is 1.09 bits per heavy atom. The molecular weight excluding hydrogens is 1010 g/mol. The van der Waals surface area contributed by atoms with Crippen LogP contribution in [0.5, 0.6) is 0 Å². The molecule has 3 unspecified atom stereocenters. The van der Waals surface area contributed by atoms with E-state index in [1.165, 1.54) is 283 Å². The van der Waals surface area contributed by atoms with Crippen molar-refractivity contribution in [2.45, 2.75) is 360 Å². The molecule has 0 saturated carbocycles. The molecule has 0 aromatic rings. The van der Waals surface area contributed by atoms with Crippen LogP contribution in [0.1, 0.15) is 348 Å². The quantitative estimate of drug-likeness (QED) is 0.0272. The lowest BCUT2D eigenvalue weighted by Crippen LogP contribution is -2.45. The number of amides is 1. The fraction of sp³-hybridized carbons (Fsp3) is 0.873. The monoisotopic (exact) mass is 1150 g/mol. The Labute approximate surface area is 499 Å². The maximum absolute atomic E-state index is 13.0. The predicted molar refractivity (Wildman–Crippen MR) is 348 cm³/mol. The molecule has 0 bridgehead atoms. The summed E-state index contributed by atoms with van der Waals surface area (Å²) >= 11 is 0. The molecule has 0 aliphatic heterocycles. The minimum absolute atomic E-state index is 0.00515. The van der Waals surface area contributed by atoms with E-state index in [0.717, 1.165) is 44.9 Å². The first-order chi connectivity index (χ1) is 39.0. The number of unbranched alkanes of at least 4 members (excludes halogenated alkanes) is 46. The van der Waals surface area contributed by atoms with E-state index in [1.54, 1.807) is 6.08 Å². The van der Waals surface area contributed by atoms with Gasteiger partial charge in [-0.05, 0) is 64.2 Å². The largest absolute Gasteiger partial charge is 0.756 e. The lowest BCUT2D eigenvalue weighted by Gasteiger charge is -2.29. The number of phosphoric acid groups is 1. The summed E-state index contributed by atoms with van der Waals surface area (Å²) in [7, 11) is 1.26. The number of phosphoric ester groups is 1. The van der Waals surface area contributed by atoms with Crippen molar-refractivity contribution in [1.82, 2.24) is 5.32 Å². The van der Waals surface area contributed by atoms with Crippen molar-refractivity contribution in [3.63, 3.8) is 0 Å². The van der Waals surface area contributed by atoms with Crippen LogP contribution >= 0.6 is 7.82 Å². The third kappa shape index (κ3) is 64.0. The molecule has 0 spiro atoms. The maximum atomic E-state index is 13.0. The van der Waals surface area contributed by atoms with Gasteiger partial charge in [-0.15, -0.1) is 0 Å². The molecular formula is C71H137N2O6P. The number of nitrogens with one attached hydrogen (secondary N) is 1. The van der Waals surface area contributed by atoms with Gasteiger partial charge in [0.25, 0.3) is 7.82 Å². The molecule has 80 heavy (non-hydrogen) atoms. The van der Waals surface area contributed by atoms with Crippen LogP contribution < -0.4 is 10.2 Å². The summed E-state index contributed by atoms with van der Waals surface area (Å²) in [6.07, 6.45) is 83.8. The molecule has 0 heterocycles. The SMILES string of the molecule is CCCCCCC/C=C\C/C=C\CCCCCCCCCCCCCCCCCCCCCCCC(=O)NC(COP(=O)([O-])OCC[N+](C)(C)C)C(O)/C=C/CC/C=C/CCCCCCCCCCCCCCCCCCCCC. The van der Waals surface area contributed by atoms with Gasteiger partial charge in [-0.25, -0.2) is 0 Å². The van der Waals surface area contributed by atoms with E-state index in [4.69, 9.17) is 9.05 Å². The molecule has 0 aromatic carbocycles. The number of allylic oxidation sites excluding steroid dienone is 7. The van der Waals surface area contributed by atoms with Crippen LogP contribution in [0, 0.1) is 0 Å². The fourth-order valence-electron chi connectivity index (χ4n) is 10.6. The van der Waals surface area contributed by atoms with E-state index in [1.807, 2.05) is 27.2 Å². The van der Waals surface area contributed by atoms with Crippen molar-refractivity contribution in [2.75, 3.05) is 40.9 Å². The second-order valence-corrected chi connectivity index (χ2v) is 26.6. The van der Waals surface area contributed by atoms with Gasteiger partial charge in [0, 0.05) is 6.42 Å². The topological polar surface area (TPSA) is 108 Å². The van der Waals surface area contributed by atoms with E-state index in [0.29, 0.717) is 17.4 Å². The number of nitrogens with zero attached hydrogens (tertiary/aromatic N) is 1. The van der Waals surface area contributed by atoms with Crippen LogP contribution in [0.15, 0.2) is 48.6 Å². The number of aliphatic hydroxyl groups is 1. The Morgan fingerprint density at radius 2 is 0.738 bits per heavy atom. The van der Waals surface area contributed by atoms with Gasteiger partial charge < -0.3 is 28.8 Å². The maximum Gasteiger partial charge on any atom is 0.268 e. The summed E-state index contributed by atoms with van der Waals surface area (Å²) in [6, 6.07) is -0.904. The van der Waals surface area contributed by atoms with E-state index in [2.05, 4.69) is 55.6 Å². The number of rotatable bonds is 65. The molecule has 0 radical (unpaired) electrons. The van der Waals surface area contributed by atoms with Crippen LogP contribution in [0.4, 0.5) is 0 Å². The number of aliphatic hydroxyl groups excluding tert-OH is 1. The van der Waals surface area contributed by atoms with Gasteiger partial charge in [-0.2, -0.15) is 0 Å². The van der Waals surface area contributed by atoms with Gasteiger partial charge in [0.05, 0.1) is 39.9 Å². The zero-order chi connectivity index (χ0) is 58.4. The Bertz CT molecular complexity index is 1440. The van der Waals surface area contributed by atoms with Gasteiger partial charge in [0.1, 0.15) is 13.2 Å². The van der Waals surface area contributed by atoms with E-state index in [-0.39, 0.29) is 19.1 Å². The van der Waals surface area contributed by atoms with Crippen molar-refractivity contribution in [3.05, 3.63) is 48.6 Å². The van der Waals surface area contributed by atoms with Crippen molar-refractivity contribution in [3.8, 4) is 0 Å².